The Bertz CT molecular complexity index is 4360. The van der Waals surface area contributed by atoms with E-state index in [2.05, 4.69) is 38.9 Å². The van der Waals surface area contributed by atoms with Gasteiger partial charge in [-0.15, -0.1) is 0 Å². The zero-order chi connectivity index (χ0) is 80.9. The number of imide groups is 3. The van der Waals surface area contributed by atoms with Crippen LogP contribution >= 0.6 is 0 Å². The molecule has 3 aliphatic heterocycles. The summed E-state index contributed by atoms with van der Waals surface area (Å²) in [4.78, 5) is 118. The van der Waals surface area contributed by atoms with E-state index in [1.807, 2.05) is 42.5 Å². The molecule has 6 amide bonds. The molecule has 1 fully saturated rings. The molecule has 1 unspecified atom stereocenters. The first-order valence-electron chi connectivity index (χ1n) is 41.9. The number of carbonyl (C=O) groups excluding carboxylic acids is 9. The van der Waals surface area contributed by atoms with Gasteiger partial charge in [0.15, 0.2) is 9.84 Å². The van der Waals surface area contributed by atoms with E-state index in [0.29, 0.717) is 137 Å². The lowest BCUT2D eigenvalue weighted by Gasteiger charge is -2.29. The Morgan fingerprint density at radius 2 is 0.743 bits per heavy atom. The highest BCUT2D eigenvalue weighted by Gasteiger charge is 2.37. The molecule has 1 N–H and O–H groups in total. The molecule has 0 aromatic heterocycles. The Morgan fingerprint density at radius 1 is 0.407 bits per heavy atom. The van der Waals surface area contributed by atoms with E-state index in [0.717, 1.165) is 97.9 Å². The van der Waals surface area contributed by atoms with Crippen LogP contribution in [0.15, 0.2) is 139 Å². The van der Waals surface area contributed by atoms with Crippen molar-refractivity contribution in [3.05, 3.63) is 162 Å². The van der Waals surface area contributed by atoms with Crippen molar-refractivity contribution in [2.75, 3.05) is 56.3 Å². The summed E-state index contributed by atoms with van der Waals surface area (Å²) in [7, 11) is -4.76. The van der Waals surface area contributed by atoms with Gasteiger partial charge in [0, 0.05) is 121 Å². The molecule has 0 bridgehead atoms. The van der Waals surface area contributed by atoms with Crippen LogP contribution in [-0.2, 0) is 49.2 Å². The van der Waals surface area contributed by atoms with Crippen molar-refractivity contribution in [3.8, 4) is 0 Å². The quantitative estimate of drug-likeness (QED) is 0.0122. The Kier molecular flexibility index (Phi) is 37.8. The van der Waals surface area contributed by atoms with Crippen LogP contribution in [0.5, 0.6) is 0 Å². The summed E-state index contributed by atoms with van der Waals surface area (Å²) in [5.41, 5.74) is 3.86. The molecule has 1 aliphatic carbocycles. The van der Waals surface area contributed by atoms with Gasteiger partial charge < -0.3 is 19.5 Å². The Morgan fingerprint density at radius 3 is 1.17 bits per heavy atom. The van der Waals surface area contributed by atoms with Crippen LogP contribution in [0.2, 0.25) is 0 Å². The van der Waals surface area contributed by atoms with Crippen molar-refractivity contribution in [1.82, 2.24) is 14.7 Å². The third-order valence-electron chi connectivity index (χ3n) is 21.7. The van der Waals surface area contributed by atoms with Crippen LogP contribution in [-0.4, -0.2) is 138 Å². The SMILES string of the molecule is C=CC(=O)OCCCCCN1C(=O)c2cccc3c(NC4CCCCCCC4)ccc(c23)C1=O.C=CC(=O)OCCCCCN1C(=O)c2cccc3c(S(=O)(=O)CCCCCCCCCCCC)ccc(c23)C1=O.C=CC(=O)OCCCCCN1C(=O)c2cccc3c(S(=O)CCCCCCCCCCCC)ccc(c23)C1=O. The predicted molar refractivity (Wildman–Crippen MR) is 450 cm³/mol. The fourth-order valence-corrected chi connectivity index (χ4v) is 18.4. The van der Waals surface area contributed by atoms with Gasteiger partial charge in [0.1, 0.15) is 0 Å². The van der Waals surface area contributed by atoms with Gasteiger partial charge in [-0.1, -0.05) is 218 Å². The molecule has 0 saturated heterocycles. The first kappa shape index (κ1) is 89.6. The summed E-state index contributed by atoms with van der Waals surface area (Å²) >= 11 is 0. The van der Waals surface area contributed by atoms with Crippen LogP contribution in [0.1, 0.15) is 307 Å². The van der Waals surface area contributed by atoms with E-state index in [1.54, 1.807) is 42.5 Å². The number of sulfone groups is 1. The van der Waals surface area contributed by atoms with E-state index < -0.39 is 50.4 Å². The summed E-state index contributed by atoms with van der Waals surface area (Å²) < 4.78 is 54.8. The highest BCUT2D eigenvalue weighted by molar-refractivity contribution is 7.91. The number of anilines is 1. The number of nitrogens with zero attached hydrogens (tertiary/aromatic N) is 3. The van der Waals surface area contributed by atoms with Crippen molar-refractivity contribution in [2.45, 2.75) is 261 Å². The van der Waals surface area contributed by atoms with Gasteiger partial charge in [0.05, 0.1) is 41.3 Å². The molecule has 4 aliphatic rings. The van der Waals surface area contributed by atoms with Gasteiger partial charge >= 0.3 is 17.9 Å². The van der Waals surface area contributed by atoms with Gasteiger partial charge in [-0.25, -0.2) is 22.8 Å². The molecule has 0 radical (unpaired) electrons. The van der Waals surface area contributed by atoms with Crippen molar-refractivity contribution in [3.63, 3.8) is 0 Å². The van der Waals surface area contributed by atoms with Crippen LogP contribution in [0.25, 0.3) is 32.3 Å². The summed E-state index contributed by atoms with van der Waals surface area (Å²) in [6.45, 7) is 16.3. The van der Waals surface area contributed by atoms with Crippen molar-refractivity contribution in [1.29, 1.82) is 0 Å². The van der Waals surface area contributed by atoms with E-state index in [1.165, 1.54) is 143 Å². The summed E-state index contributed by atoms with van der Waals surface area (Å²) in [5, 5.41) is 7.65. The number of rotatable bonds is 47. The largest absolute Gasteiger partial charge is 0.463 e. The molecule has 1 saturated carbocycles. The van der Waals surface area contributed by atoms with Crippen LogP contribution < -0.4 is 5.32 Å². The first-order chi connectivity index (χ1) is 54.9. The molecule has 3 heterocycles. The monoisotopic (exact) mass is 1580 g/mol. The smallest absolute Gasteiger partial charge is 0.330 e. The molecule has 19 nitrogen and oxygen atoms in total. The molecule has 610 valence electrons. The lowest BCUT2D eigenvalue weighted by atomic mass is 9.92. The van der Waals surface area contributed by atoms with Crippen molar-refractivity contribution in [2.24, 2.45) is 0 Å². The van der Waals surface area contributed by atoms with Crippen LogP contribution in [0.4, 0.5) is 5.69 Å². The van der Waals surface area contributed by atoms with Crippen LogP contribution in [0.3, 0.4) is 0 Å². The molecule has 21 heteroatoms. The van der Waals surface area contributed by atoms with Gasteiger partial charge in [-0.05, 0) is 143 Å². The number of benzene rings is 6. The topological polar surface area (TPSA) is 254 Å². The standard InChI is InChI=1S/C32H43NO6S.C32H43NO5S.C28H34N2O4/c1-3-5-6-7-8-9-10-11-12-16-24-40(37,38)28-21-20-27-30-25(28)18-17-19-26(30)31(35)33(32(27)36)22-14-13-15-23-39-29(34)4-2;1-3-5-6-7-8-9-10-11-12-16-24-39(37)28-21-20-27-30-25(28)18-17-19-26(30)31(35)33(32(27)36)22-14-13-15-23-38-29(34)4-2;1-2-25(31)34-19-10-6-9-18-30-27(32)22-15-11-14-21-24(17-16-23(26(21)22)28(30)33)29-20-12-7-4-3-5-8-13-20/h4,17-21H,2-3,5-16,22-24H2,1H3;4,17-21H,2-3,5-16,22-24H2,1H3;2,11,14-17,20,29H,1,3-10,12-13,18-19H2. The summed E-state index contributed by atoms with van der Waals surface area (Å²) in [6.07, 6.45) is 41.5. The molecule has 113 heavy (non-hydrogen) atoms. The second-order valence-corrected chi connectivity index (χ2v) is 33.7. The number of unbranched alkanes of at least 4 members (excludes halogenated alkanes) is 24. The number of hydrogen-bond donors (Lipinski definition) is 1. The van der Waals surface area contributed by atoms with Gasteiger partial charge in [0.25, 0.3) is 35.4 Å². The molecular weight excluding hydrogens is 1470 g/mol. The summed E-state index contributed by atoms with van der Waals surface area (Å²) in [6, 6.07) is 27.1. The zero-order valence-corrected chi connectivity index (χ0v) is 68.6. The van der Waals surface area contributed by atoms with Crippen LogP contribution in [0, 0.1) is 0 Å². The maximum absolute atomic E-state index is 13.3. The molecule has 6 aromatic rings. The fourth-order valence-electron chi connectivity index (χ4n) is 15.5. The molecule has 0 spiro atoms. The number of ether oxygens (including phenoxy) is 3. The van der Waals surface area contributed by atoms with E-state index in [4.69, 9.17) is 14.2 Å². The minimum absolute atomic E-state index is 0.0539. The fraction of sp³-hybridized carbons (Fsp3) is 0.511. The molecule has 1 atom stereocenters. The van der Waals surface area contributed by atoms with E-state index >= 15 is 0 Å². The highest BCUT2D eigenvalue weighted by atomic mass is 32.2. The lowest BCUT2D eigenvalue weighted by Crippen LogP contribution is -2.41. The number of nitrogens with one attached hydrogen (secondary N) is 1. The van der Waals surface area contributed by atoms with Crippen molar-refractivity contribution < 1.29 is 70.0 Å². The Hall–Kier alpha value is -8.95. The van der Waals surface area contributed by atoms with E-state index in [9.17, 15) is 55.8 Å². The summed E-state index contributed by atoms with van der Waals surface area (Å²) in [5.74, 6) is -2.63. The number of esters is 3. The average molecular weight is 1590 g/mol. The lowest BCUT2D eigenvalue weighted by molar-refractivity contribution is -0.138. The third-order valence-corrected chi connectivity index (χ3v) is 25.1. The normalized spacial score (nSPS) is 14.4. The molecule has 6 aromatic carbocycles. The highest BCUT2D eigenvalue weighted by Crippen LogP contribution is 2.39. The maximum Gasteiger partial charge on any atom is 0.330 e. The zero-order valence-electron chi connectivity index (χ0n) is 67.0. The number of amides is 6. The number of carbonyl (C=O) groups is 9. The van der Waals surface area contributed by atoms with E-state index in [-0.39, 0.29) is 54.0 Å². The first-order valence-corrected chi connectivity index (χ1v) is 44.9. The minimum atomic E-state index is -3.57. The second kappa shape index (κ2) is 47.7. The number of hydrogen-bond acceptors (Lipinski definition) is 16. The predicted octanol–water partition coefficient (Wildman–Crippen LogP) is 20.3. The maximum atomic E-state index is 13.3. The van der Waals surface area contributed by atoms with Crippen molar-refractivity contribution >= 4 is 112 Å². The van der Waals surface area contributed by atoms with Gasteiger partial charge in [-0.3, -0.25) is 47.7 Å². The van der Waals surface area contributed by atoms with Gasteiger partial charge in [0.2, 0.25) is 0 Å². The molecular formula is C92H120N4O15S2. The second-order valence-electron chi connectivity index (χ2n) is 30.1. The molecule has 10 rings (SSSR count). The van der Waals surface area contributed by atoms with Gasteiger partial charge in [-0.2, -0.15) is 0 Å². The Labute approximate surface area is 672 Å². The third kappa shape index (κ3) is 25.8. The minimum Gasteiger partial charge on any atom is -0.463 e. The average Bonchev–Trinajstić information content (AvgIpc) is 0.750. The Balaban J connectivity index is 0.000000213.